The number of halogens is 1. The lowest BCUT2D eigenvalue weighted by Crippen LogP contribution is -2.06. The van der Waals surface area contributed by atoms with Crippen molar-refractivity contribution >= 4 is 40.0 Å². The Morgan fingerprint density at radius 1 is 0.900 bits per heavy atom. The Kier molecular flexibility index (Phi) is 5.86. The predicted octanol–water partition coefficient (Wildman–Crippen LogP) is 5.66. The van der Waals surface area contributed by atoms with Gasteiger partial charge in [-0.15, -0.1) is 0 Å². The maximum atomic E-state index is 6.30. The number of hydrogen-bond acceptors (Lipinski definition) is 6. The largest absolute Gasteiger partial charge is 0.497 e. The number of para-hydroxylation sites is 1. The van der Waals surface area contributed by atoms with Crippen molar-refractivity contribution in [3.8, 4) is 11.5 Å². The summed E-state index contributed by atoms with van der Waals surface area (Å²) in [7, 11) is 3.24. The van der Waals surface area contributed by atoms with Crippen LogP contribution in [-0.2, 0) is 6.54 Å². The monoisotopic (exact) mass is 420 g/mol. The van der Waals surface area contributed by atoms with Gasteiger partial charge in [-0.3, -0.25) is 0 Å². The average Bonchev–Trinajstić information content (AvgIpc) is 2.78. The number of fused-ring (bicyclic) bond motifs is 1. The molecule has 0 aliphatic carbocycles. The highest BCUT2D eigenvalue weighted by Crippen LogP contribution is 2.32. The maximum Gasteiger partial charge on any atom is 0.229 e. The molecule has 2 N–H and O–H groups in total. The smallest absolute Gasteiger partial charge is 0.229 e. The van der Waals surface area contributed by atoms with Crippen molar-refractivity contribution in [3.63, 3.8) is 0 Å². The van der Waals surface area contributed by atoms with E-state index in [1.165, 1.54) is 0 Å². The molecule has 0 unspecified atom stereocenters. The maximum absolute atomic E-state index is 6.30. The summed E-state index contributed by atoms with van der Waals surface area (Å²) in [5.74, 6) is 2.53. The number of anilines is 3. The molecule has 0 aliphatic rings. The van der Waals surface area contributed by atoms with E-state index in [1.54, 1.807) is 14.2 Å². The van der Waals surface area contributed by atoms with Crippen LogP contribution in [0.1, 0.15) is 5.56 Å². The summed E-state index contributed by atoms with van der Waals surface area (Å²) >= 11 is 6.30. The van der Waals surface area contributed by atoms with Crippen LogP contribution < -0.4 is 20.1 Å². The van der Waals surface area contributed by atoms with Crippen LogP contribution in [0.25, 0.3) is 10.9 Å². The molecule has 152 valence electrons. The van der Waals surface area contributed by atoms with Crippen molar-refractivity contribution in [1.29, 1.82) is 0 Å². The summed E-state index contributed by atoms with van der Waals surface area (Å²) in [5, 5.41) is 8.27. The summed E-state index contributed by atoms with van der Waals surface area (Å²) in [5.41, 5.74) is 2.52. The Morgan fingerprint density at radius 3 is 2.50 bits per heavy atom. The lowest BCUT2D eigenvalue weighted by molar-refractivity contribution is 0.405. The minimum atomic E-state index is 0.446. The zero-order valence-electron chi connectivity index (χ0n) is 16.6. The molecule has 7 heteroatoms. The number of nitrogens with zero attached hydrogens (tertiary/aromatic N) is 2. The molecular weight excluding hydrogens is 400 g/mol. The minimum Gasteiger partial charge on any atom is -0.497 e. The first kappa shape index (κ1) is 19.8. The molecule has 3 aromatic carbocycles. The fraction of sp³-hybridized carbons (Fsp3) is 0.130. The highest BCUT2D eigenvalue weighted by molar-refractivity contribution is 6.31. The molecule has 0 amide bonds. The molecule has 0 saturated carbocycles. The van der Waals surface area contributed by atoms with E-state index < -0.39 is 0 Å². The van der Waals surface area contributed by atoms with E-state index in [4.69, 9.17) is 26.1 Å². The molecule has 0 spiro atoms. The first-order chi connectivity index (χ1) is 14.7. The molecule has 4 aromatic rings. The van der Waals surface area contributed by atoms with Crippen LogP contribution in [0, 0.1) is 0 Å². The SMILES string of the molecule is COc1ccc(OC)c(Nc2nc(NCc3ccccc3Cl)c3ccccc3n2)c1. The summed E-state index contributed by atoms with van der Waals surface area (Å²) in [4.78, 5) is 9.35. The zero-order valence-corrected chi connectivity index (χ0v) is 17.4. The van der Waals surface area contributed by atoms with Crippen LogP contribution in [0.4, 0.5) is 17.5 Å². The van der Waals surface area contributed by atoms with E-state index in [-0.39, 0.29) is 0 Å². The standard InChI is InChI=1S/C23H21ClN4O2/c1-29-16-11-12-21(30-2)20(13-16)27-23-26-19-10-6-4-8-17(19)22(28-23)25-14-15-7-3-5-9-18(15)24/h3-13H,14H2,1-2H3,(H2,25,26,27,28). The highest BCUT2D eigenvalue weighted by atomic mass is 35.5. The quantitative estimate of drug-likeness (QED) is 0.402. The third-order valence-electron chi connectivity index (χ3n) is 4.66. The second kappa shape index (κ2) is 8.88. The fourth-order valence-electron chi connectivity index (χ4n) is 3.12. The van der Waals surface area contributed by atoms with E-state index in [0.29, 0.717) is 40.5 Å². The van der Waals surface area contributed by atoms with Gasteiger partial charge in [-0.2, -0.15) is 4.98 Å². The number of rotatable bonds is 7. The Hall–Kier alpha value is -3.51. The molecule has 1 heterocycles. The van der Waals surface area contributed by atoms with Gasteiger partial charge in [0.25, 0.3) is 0 Å². The Morgan fingerprint density at radius 2 is 1.70 bits per heavy atom. The van der Waals surface area contributed by atoms with Crippen LogP contribution in [0.3, 0.4) is 0 Å². The number of methoxy groups -OCH3 is 2. The molecule has 0 bridgehead atoms. The van der Waals surface area contributed by atoms with Crippen LogP contribution in [0.15, 0.2) is 66.7 Å². The van der Waals surface area contributed by atoms with E-state index in [2.05, 4.69) is 15.6 Å². The van der Waals surface area contributed by atoms with Gasteiger partial charge >= 0.3 is 0 Å². The Bertz CT molecular complexity index is 1180. The first-order valence-electron chi connectivity index (χ1n) is 9.41. The molecule has 30 heavy (non-hydrogen) atoms. The predicted molar refractivity (Wildman–Crippen MR) is 121 cm³/mol. The van der Waals surface area contributed by atoms with Crippen LogP contribution in [0.2, 0.25) is 5.02 Å². The topological polar surface area (TPSA) is 68.3 Å². The highest BCUT2D eigenvalue weighted by Gasteiger charge is 2.11. The van der Waals surface area contributed by atoms with Crippen molar-refractivity contribution in [2.24, 2.45) is 0 Å². The second-order valence-electron chi connectivity index (χ2n) is 6.55. The second-order valence-corrected chi connectivity index (χ2v) is 6.96. The van der Waals surface area contributed by atoms with E-state index in [9.17, 15) is 0 Å². The van der Waals surface area contributed by atoms with Crippen LogP contribution in [0.5, 0.6) is 11.5 Å². The van der Waals surface area contributed by atoms with Gasteiger partial charge in [0.2, 0.25) is 5.95 Å². The van der Waals surface area contributed by atoms with E-state index >= 15 is 0 Å². The molecule has 4 rings (SSSR count). The Balaban J connectivity index is 1.69. The number of benzene rings is 3. The molecule has 1 aromatic heterocycles. The van der Waals surface area contributed by atoms with Gasteiger partial charge in [0, 0.05) is 23.0 Å². The number of aromatic nitrogens is 2. The van der Waals surface area contributed by atoms with E-state index in [0.717, 1.165) is 16.5 Å². The van der Waals surface area contributed by atoms with Gasteiger partial charge in [-0.1, -0.05) is 41.9 Å². The first-order valence-corrected chi connectivity index (χ1v) is 9.79. The molecule has 0 atom stereocenters. The van der Waals surface area contributed by atoms with Gasteiger partial charge in [-0.25, -0.2) is 4.98 Å². The van der Waals surface area contributed by atoms with Gasteiger partial charge < -0.3 is 20.1 Å². The summed E-state index contributed by atoms with van der Waals surface area (Å²) in [6.07, 6.45) is 0. The van der Waals surface area contributed by atoms with Crippen LogP contribution in [-0.4, -0.2) is 24.2 Å². The van der Waals surface area contributed by atoms with Crippen molar-refractivity contribution in [2.75, 3.05) is 24.9 Å². The van der Waals surface area contributed by atoms with Gasteiger partial charge in [0.05, 0.1) is 25.4 Å². The van der Waals surface area contributed by atoms with Crippen molar-refractivity contribution in [3.05, 3.63) is 77.3 Å². The summed E-state index contributed by atoms with van der Waals surface area (Å²) in [6, 6.07) is 21.1. The molecule has 0 fully saturated rings. The lowest BCUT2D eigenvalue weighted by atomic mass is 10.2. The van der Waals surface area contributed by atoms with Crippen molar-refractivity contribution < 1.29 is 9.47 Å². The summed E-state index contributed by atoms with van der Waals surface area (Å²) < 4.78 is 10.8. The molecule has 6 nitrogen and oxygen atoms in total. The third kappa shape index (κ3) is 4.23. The van der Waals surface area contributed by atoms with Gasteiger partial charge in [0.15, 0.2) is 0 Å². The zero-order chi connectivity index (χ0) is 20.9. The van der Waals surface area contributed by atoms with Gasteiger partial charge in [-0.05, 0) is 35.9 Å². The molecule has 0 aliphatic heterocycles. The summed E-state index contributed by atoms with van der Waals surface area (Å²) in [6.45, 7) is 0.544. The molecule has 0 radical (unpaired) electrons. The van der Waals surface area contributed by atoms with Crippen molar-refractivity contribution in [2.45, 2.75) is 6.54 Å². The third-order valence-corrected chi connectivity index (χ3v) is 5.03. The number of ether oxygens (including phenoxy) is 2. The average molecular weight is 421 g/mol. The molecular formula is C23H21ClN4O2. The van der Waals surface area contributed by atoms with E-state index in [1.807, 2.05) is 66.7 Å². The lowest BCUT2D eigenvalue weighted by Gasteiger charge is -2.14. The fourth-order valence-corrected chi connectivity index (χ4v) is 3.32. The van der Waals surface area contributed by atoms with Crippen molar-refractivity contribution in [1.82, 2.24) is 9.97 Å². The normalized spacial score (nSPS) is 10.6. The number of nitrogens with one attached hydrogen (secondary N) is 2. The number of hydrogen-bond donors (Lipinski definition) is 2. The minimum absolute atomic E-state index is 0.446. The molecule has 0 saturated heterocycles. The van der Waals surface area contributed by atoms with Crippen LogP contribution >= 0.6 is 11.6 Å². The van der Waals surface area contributed by atoms with Gasteiger partial charge in [0.1, 0.15) is 17.3 Å². The Labute approximate surface area is 179 Å².